The lowest BCUT2D eigenvalue weighted by molar-refractivity contribution is -0.394. The molecule has 25 heavy (non-hydrogen) atoms. The molecule has 1 atom stereocenters. The summed E-state index contributed by atoms with van der Waals surface area (Å²) in [7, 11) is 0. The summed E-state index contributed by atoms with van der Waals surface area (Å²) in [6, 6.07) is 3.57. The number of rotatable bonds is 5. The van der Waals surface area contributed by atoms with Gasteiger partial charge in [0.25, 0.3) is 11.4 Å². The van der Waals surface area contributed by atoms with Crippen LogP contribution in [0.25, 0.3) is 0 Å². The minimum Gasteiger partial charge on any atom is -0.320 e. The fourth-order valence-electron chi connectivity index (χ4n) is 2.81. The highest BCUT2D eigenvalue weighted by Gasteiger charge is 2.31. The Kier molecular flexibility index (Phi) is 5.98. The van der Waals surface area contributed by atoms with Crippen LogP contribution in [-0.4, -0.2) is 28.2 Å². The molecule has 0 radical (unpaired) electrons. The highest BCUT2D eigenvalue weighted by atomic mass is 16.7. The van der Waals surface area contributed by atoms with Crippen molar-refractivity contribution in [2.45, 2.75) is 38.5 Å². The molecule has 10 nitrogen and oxygen atoms in total. The van der Waals surface area contributed by atoms with Gasteiger partial charge in [0.2, 0.25) is 0 Å². The molecule has 0 spiro atoms. The van der Waals surface area contributed by atoms with Gasteiger partial charge in [-0.3, -0.25) is 25.1 Å². The highest BCUT2D eigenvalue weighted by molar-refractivity contribution is 5.92. The van der Waals surface area contributed by atoms with Crippen LogP contribution in [-0.2, 0) is 4.84 Å². The van der Waals surface area contributed by atoms with Gasteiger partial charge in [-0.05, 0) is 32.3 Å². The lowest BCUT2D eigenvalue weighted by Crippen LogP contribution is -2.24. The maximum absolute atomic E-state index is 11.4. The van der Waals surface area contributed by atoms with Crippen LogP contribution in [0.5, 0.6) is 0 Å². The number of hydrogen-bond donors (Lipinski definition) is 1. The third-order valence-corrected chi connectivity index (χ3v) is 3.94. The van der Waals surface area contributed by atoms with Gasteiger partial charge in [0.05, 0.1) is 21.6 Å². The molecule has 1 saturated carbocycles. The van der Waals surface area contributed by atoms with Crippen molar-refractivity contribution in [3.63, 3.8) is 0 Å². The number of nitro groups is 2. The lowest BCUT2D eigenvalue weighted by atomic mass is 9.81. The van der Waals surface area contributed by atoms with Crippen LogP contribution < -0.4 is 5.32 Å². The Morgan fingerprint density at radius 3 is 2.72 bits per heavy atom. The third kappa shape index (κ3) is 4.49. The zero-order valence-corrected chi connectivity index (χ0v) is 13.6. The monoisotopic (exact) mass is 350 g/mol. The molecule has 2 rings (SSSR count). The normalized spacial score (nSPS) is 18.6. The van der Waals surface area contributed by atoms with Crippen LogP contribution in [0.2, 0.25) is 0 Å². The minimum atomic E-state index is -0.697. The Morgan fingerprint density at radius 1 is 1.32 bits per heavy atom. The van der Waals surface area contributed by atoms with Crippen LogP contribution in [0.15, 0.2) is 23.4 Å². The number of nitrogens with one attached hydrogen (secondary N) is 1. The maximum Gasteiger partial charge on any atom is 0.433 e. The van der Waals surface area contributed by atoms with E-state index in [1.165, 1.54) is 12.1 Å². The first kappa shape index (κ1) is 18.3. The molecule has 1 aliphatic carbocycles. The largest absolute Gasteiger partial charge is 0.433 e. The predicted octanol–water partition coefficient (Wildman–Crippen LogP) is 3.26. The van der Waals surface area contributed by atoms with Crippen molar-refractivity contribution in [1.82, 2.24) is 5.32 Å². The Morgan fingerprint density at radius 2 is 2.08 bits per heavy atom. The Bertz CT molecular complexity index is 718. The number of benzene rings is 1. The highest BCUT2D eigenvalue weighted by Crippen LogP contribution is 2.37. The Hall–Kier alpha value is -3.04. The van der Waals surface area contributed by atoms with Crippen LogP contribution in [0, 0.1) is 20.2 Å². The van der Waals surface area contributed by atoms with Gasteiger partial charge in [-0.2, -0.15) is 0 Å². The molecule has 1 fully saturated rings. The average molecular weight is 350 g/mol. The van der Waals surface area contributed by atoms with Crippen molar-refractivity contribution in [2.24, 2.45) is 5.16 Å². The summed E-state index contributed by atoms with van der Waals surface area (Å²) in [5, 5.41) is 28.5. The predicted molar refractivity (Wildman–Crippen MR) is 88.6 cm³/mol. The molecular formula is C15H18N4O6. The molecule has 0 saturated heterocycles. The number of nitro benzene ring substituents is 2. The molecule has 1 aromatic rings. The summed E-state index contributed by atoms with van der Waals surface area (Å²) in [5.41, 5.74) is 0.193. The van der Waals surface area contributed by atoms with E-state index < -0.39 is 21.9 Å². The van der Waals surface area contributed by atoms with Crippen molar-refractivity contribution in [1.29, 1.82) is 0 Å². The first-order valence-electron chi connectivity index (χ1n) is 7.88. The smallest absolute Gasteiger partial charge is 0.320 e. The molecule has 0 bridgehead atoms. The summed E-state index contributed by atoms with van der Waals surface area (Å²) in [6.07, 6.45) is 2.10. The second kappa shape index (κ2) is 8.18. The number of carbonyl (C=O) groups excluding carboxylic acids is 1. The first-order valence-corrected chi connectivity index (χ1v) is 7.88. The summed E-state index contributed by atoms with van der Waals surface area (Å²) in [6.45, 7) is 2.12. The molecule has 1 amide bonds. The van der Waals surface area contributed by atoms with E-state index in [4.69, 9.17) is 4.84 Å². The Labute approximate surface area is 143 Å². The Balaban J connectivity index is 2.36. The fraction of sp³-hybridized carbons (Fsp3) is 0.467. The van der Waals surface area contributed by atoms with Crippen LogP contribution in [0.1, 0.15) is 44.1 Å². The van der Waals surface area contributed by atoms with E-state index in [1.807, 2.05) is 0 Å². The van der Waals surface area contributed by atoms with E-state index in [1.54, 1.807) is 6.92 Å². The zero-order valence-electron chi connectivity index (χ0n) is 13.6. The lowest BCUT2D eigenvalue weighted by Gasteiger charge is -2.23. The number of nitrogens with zero attached hydrogens (tertiary/aromatic N) is 3. The molecule has 0 heterocycles. The van der Waals surface area contributed by atoms with E-state index >= 15 is 0 Å². The molecule has 0 aromatic heterocycles. The van der Waals surface area contributed by atoms with Gasteiger partial charge >= 0.3 is 6.09 Å². The molecule has 0 aliphatic heterocycles. The third-order valence-electron chi connectivity index (χ3n) is 3.94. The number of amides is 1. The fourth-order valence-corrected chi connectivity index (χ4v) is 2.81. The quantitative estimate of drug-likeness (QED) is 0.491. The second-order valence-electron chi connectivity index (χ2n) is 5.55. The number of non-ortho nitro benzene ring substituents is 1. The van der Waals surface area contributed by atoms with Crippen molar-refractivity contribution < 1.29 is 19.5 Å². The number of hydrogen-bond acceptors (Lipinski definition) is 7. The summed E-state index contributed by atoms with van der Waals surface area (Å²) in [5.74, 6) is -0.413. The van der Waals surface area contributed by atoms with Crippen LogP contribution in [0.4, 0.5) is 16.2 Å². The van der Waals surface area contributed by atoms with Crippen molar-refractivity contribution >= 4 is 23.2 Å². The standard InChI is InChI=1S/C15H18N4O6/c1-2-16-15(20)25-17-13-6-4-3-5-11(13)12-8-7-10(18(21)22)9-14(12)19(23)24/h7-9,11H,2-6H2,1H3,(H,16,20)/b17-13-. The van der Waals surface area contributed by atoms with Crippen LogP contribution >= 0.6 is 0 Å². The van der Waals surface area contributed by atoms with E-state index in [2.05, 4.69) is 10.5 Å². The molecule has 1 aliphatic rings. The molecule has 1 aromatic carbocycles. The molecule has 1 N–H and O–H groups in total. The molecule has 10 heteroatoms. The minimum absolute atomic E-state index is 0.327. The van der Waals surface area contributed by atoms with Gasteiger partial charge in [0.1, 0.15) is 0 Å². The van der Waals surface area contributed by atoms with E-state index in [9.17, 15) is 25.0 Å². The second-order valence-corrected chi connectivity index (χ2v) is 5.55. The summed E-state index contributed by atoms with van der Waals surface area (Å²) in [4.78, 5) is 37.1. The number of carbonyl (C=O) groups is 1. The van der Waals surface area contributed by atoms with Gasteiger partial charge in [-0.1, -0.05) is 11.6 Å². The summed E-state index contributed by atoms with van der Waals surface area (Å²) >= 11 is 0. The van der Waals surface area contributed by atoms with Crippen molar-refractivity contribution in [3.8, 4) is 0 Å². The average Bonchev–Trinajstić information content (AvgIpc) is 2.60. The van der Waals surface area contributed by atoms with Crippen LogP contribution in [0.3, 0.4) is 0 Å². The van der Waals surface area contributed by atoms with Crippen molar-refractivity contribution in [2.75, 3.05) is 6.54 Å². The van der Waals surface area contributed by atoms with E-state index in [0.29, 0.717) is 30.7 Å². The van der Waals surface area contributed by atoms with Gasteiger partial charge in [-0.25, -0.2) is 4.79 Å². The molecule has 134 valence electrons. The number of oxime groups is 1. The first-order chi connectivity index (χ1) is 11.9. The van der Waals surface area contributed by atoms with E-state index in [-0.39, 0.29) is 11.4 Å². The maximum atomic E-state index is 11.4. The summed E-state index contributed by atoms with van der Waals surface area (Å²) < 4.78 is 0. The van der Waals surface area contributed by atoms with Crippen molar-refractivity contribution in [3.05, 3.63) is 44.0 Å². The van der Waals surface area contributed by atoms with Gasteiger partial charge in [0.15, 0.2) is 0 Å². The van der Waals surface area contributed by atoms with E-state index in [0.717, 1.165) is 18.9 Å². The molecule has 1 unspecified atom stereocenters. The van der Waals surface area contributed by atoms with Gasteiger partial charge in [-0.15, -0.1) is 0 Å². The molecular weight excluding hydrogens is 332 g/mol. The SMILES string of the molecule is CCNC(=O)O/N=C1/CCCCC1c1ccc([N+](=O)[O-])cc1[N+](=O)[O-]. The zero-order chi connectivity index (χ0) is 18.4. The van der Waals surface area contributed by atoms with Gasteiger partial charge in [0, 0.05) is 24.1 Å². The van der Waals surface area contributed by atoms with Gasteiger partial charge < -0.3 is 5.32 Å². The topological polar surface area (TPSA) is 137 Å².